The largest absolute Gasteiger partial charge is 0.457 e. The summed E-state index contributed by atoms with van der Waals surface area (Å²) in [4.78, 5) is 10.7. The Hall–Kier alpha value is -0.690. The number of aliphatic hydroxyl groups is 4. The van der Waals surface area contributed by atoms with E-state index in [1.54, 1.807) is 0 Å². The first kappa shape index (κ1) is 10.4. The second kappa shape index (κ2) is 4.01. The van der Waals surface area contributed by atoms with Gasteiger partial charge in [0.15, 0.2) is 6.10 Å². The Kier molecular flexibility index (Phi) is 3.21. The first-order valence-corrected chi connectivity index (χ1v) is 3.91. The van der Waals surface area contributed by atoms with Crippen LogP contribution in [0.2, 0.25) is 0 Å². The van der Waals surface area contributed by atoms with Crippen LogP contribution in [0.1, 0.15) is 6.42 Å². The molecule has 0 amide bonds. The zero-order valence-corrected chi connectivity index (χ0v) is 6.83. The lowest BCUT2D eigenvalue weighted by molar-refractivity contribution is -0.154. The number of hydrogen-bond acceptors (Lipinski definition) is 6. The summed E-state index contributed by atoms with van der Waals surface area (Å²) in [7, 11) is 0. The highest BCUT2D eigenvalue weighted by Gasteiger charge is 2.39. The Morgan fingerprint density at radius 3 is 2.54 bits per heavy atom. The summed E-state index contributed by atoms with van der Waals surface area (Å²) in [5, 5.41) is 35.7. The lowest BCUT2D eigenvalue weighted by Gasteiger charge is -2.20. The van der Waals surface area contributed by atoms with E-state index in [4.69, 9.17) is 15.3 Å². The van der Waals surface area contributed by atoms with Crippen molar-refractivity contribution in [3.63, 3.8) is 0 Å². The van der Waals surface area contributed by atoms with Gasteiger partial charge in [0, 0.05) is 6.42 Å². The van der Waals surface area contributed by atoms with Gasteiger partial charge in [0.2, 0.25) is 0 Å². The van der Waals surface area contributed by atoms with E-state index in [2.05, 4.69) is 4.74 Å². The molecular weight excluding hydrogens is 180 g/mol. The summed E-state index contributed by atoms with van der Waals surface area (Å²) in [6.07, 6.45) is -4.96. The predicted molar refractivity (Wildman–Crippen MR) is 39.6 cm³/mol. The molecule has 4 atom stereocenters. The van der Waals surface area contributed by atoms with Crippen LogP contribution < -0.4 is 0 Å². The highest BCUT2D eigenvalue weighted by Crippen LogP contribution is 2.19. The van der Waals surface area contributed by atoms with E-state index in [-0.39, 0.29) is 6.42 Å². The first-order chi connectivity index (χ1) is 6.06. The zero-order valence-electron chi connectivity index (χ0n) is 6.83. The number of esters is 1. The van der Waals surface area contributed by atoms with E-state index < -0.39 is 37.0 Å². The fraction of sp³-hybridized carbons (Fsp3) is 0.857. The third-order valence-corrected chi connectivity index (χ3v) is 1.96. The highest BCUT2D eigenvalue weighted by atomic mass is 16.6. The fourth-order valence-corrected chi connectivity index (χ4v) is 1.16. The molecule has 0 aromatic carbocycles. The van der Waals surface area contributed by atoms with Crippen LogP contribution in [0.15, 0.2) is 0 Å². The molecular formula is C7H12O6. The molecule has 0 unspecified atom stereocenters. The Bertz CT molecular complexity index is 193. The van der Waals surface area contributed by atoms with Crippen molar-refractivity contribution in [1.29, 1.82) is 0 Å². The topological polar surface area (TPSA) is 107 Å². The van der Waals surface area contributed by atoms with Crippen molar-refractivity contribution in [2.75, 3.05) is 6.61 Å². The molecule has 0 bridgehead atoms. The van der Waals surface area contributed by atoms with Gasteiger partial charge < -0.3 is 25.2 Å². The average Bonchev–Trinajstić information content (AvgIpc) is 2.44. The molecule has 1 rings (SSSR count). The van der Waals surface area contributed by atoms with Crippen molar-refractivity contribution in [2.45, 2.75) is 30.8 Å². The number of hydrogen-bond donors (Lipinski definition) is 4. The summed E-state index contributed by atoms with van der Waals surface area (Å²) in [5.74, 6) is -0.811. The first-order valence-electron chi connectivity index (χ1n) is 3.91. The summed E-state index contributed by atoms with van der Waals surface area (Å²) in [5.41, 5.74) is 0. The van der Waals surface area contributed by atoms with Crippen LogP contribution in [-0.2, 0) is 9.53 Å². The molecule has 0 aromatic heterocycles. The van der Waals surface area contributed by atoms with Crippen molar-refractivity contribution in [2.24, 2.45) is 0 Å². The molecule has 0 aliphatic carbocycles. The lowest BCUT2D eigenvalue weighted by Crippen LogP contribution is -2.39. The fourth-order valence-electron chi connectivity index (χ4n) is 1.16. The third kappa shape index (κ3) is 2.16. The quantitative estimate of drug-likeness (QED) is 0.365. The molecule has 6 heteroatoms. The molecule has 0 aromatic rings. The van der Waals surface area contributed by atoms with Crippen LogP contribution in [0.3, 0.4) is 0 Å². The van der Waals surface area contributed by atoms with E-state index in [0.717, 1.165) is 0 Å². The number of cyclic esters (lactones) is 1. The lowest BCUT2D eigenvalue weighted by atomic mass is 10.1. The van der Waals surface area contributed by atoms with E-state index in [9.17, 15) is 9.90 Å². The normalized spacial score (nSPS) is 32.8. The standard InChI is InChI=1S/C7H12O6/c8-2-4(10)6(11)5-1-3(9)7(12)13-5/h3-6,8-11H,1-2H2/t3-,4+,5+,6-/m0/s1. The summed E-state index contributed by atoms with van der Waals surface area (Å²) in [6.45, 7) is -0.620. The maximum Gasteiger partial charge on any atom is 0.335 e. The number of carbonyl (C=O) groups excluding carboxylic acids is 1. The van der Waals surface area contributed by atoms with Gasteiger partial charge in [-0.05, 0) is 0 Å². The molecule has 0 saturated carbocycles. The molecule has 13 heavy (non-hydrogen) atoms. The van der Waals surface area contributed by atoms with Crippen LogP contribution in [0.5, 0.6) is 0 Å². The molecule has 1 heterocycles. The van der Waals surface area contributed by atoms with Crippen LogP contribution in [0.4, 0.5) is 0 Å². The number of rotatable bonds is 3. The molecule has 6 nitrogen and oxygen atoms in total. The molecule has 0 radical (unpaired) electrons. The Morgan fingerprint density at radius 1 is 1.54 bits per heavy atom. The minimum atomic E-state index is -1.36. The number of aliphatic hydroxyl groups excluding tert-OH is 4. The van der Waals surface area contributed by atoms with Crippen molar-refractivity contribution in [3.05, 3.63) is 0 Å². The van der Waals surface area contributed by atoms with Gasteiger partial charge in [-0.25, -0.2) is 4.79 Å². The predicted octanol–water partition coefficient (Wildman–Crippen LogP) is -2.62. The van der Waals surface area contributed by atoms with E-state index in [1.165, 1.54) is 0 Å². The zero-order chi connectivity index (χ0) is 10.0. The van der Waals surface area contributed by atoms with Gasteiger partial charge in [-0.2, -0.15) is 0 Å². The van der Waals surface area contributed by atoms with Crippen molar-refractivity contribution in [3.8, 4) is 0 Å². The van der Waals surface area contributed by atoms with Crippen molar-refractivity contribution < 1.29 is 30.0 Å². The second-order valence-corrected chi connectivity index (χ2v) is 2.97. The summed E-state index contributed by atoms with van der Waals surface area (Å²) >= 11 is 0. The van der Waals surface area contributed by atoms with E-state index in [1.807, 2.05) is 0 Å². The van der Waals surface area contributed by atoms with Gasteiger partial charge in [0.25, 0.3) is 0 Å². The monoisotopic (exact) mass is 192 g/mol. The van der Waals surface area contributed by atoms with Crippen LogP contribution in [0.25, 0.3) is 0 Å². The van der Waals surface area contributed by atoms with Gasteiger partial charge >= 0.3 is 5.97 Å². The van der Waals surface area contributed by atoms with Crippen molar-refractivity contribution in [1.82, 2.24) is 0 Å². The third-order valence-electron chi connectivity index (χ3n) is 1.96. The summed E-state index contributed by atoms with van der Waals surface area (Å²) < 4.78 is 4.55. The molecule has 1 fully saturated rings. The molecule has 1 aliphatic heterocycles. The van der Waals surface area contributed by atoms with E-state index >= 15 is 0 Å². The Balaban J connectivity index is 2.50. The van der Waals surface area contributed by atoms with E-state index in [0.29, 0.717) is 0 Å². The van der Waals surface area contributed by atoms with Gasteiger partial charge in [-0.3, -0.25) is 0 Å². The van der Waals surface area contributed by atoms with Crippen LogP contribution in [-0.4, -0.2) is 57.4 Å². The summed E-state index contributed by atoms with van der Waals surface area (Å²) in [6, 6.07) is 0. The SMILES string of the molecule is O=C1O[C@@H]([C@@H](O)[C@H](O)CO)C[C@@H]1O. The Labute approximate surface area is 74.4 Å². The average molecular weight is 192 g/mol. The van der Waals surface area contributed by atoms with Gasteiger partial charge in [0.1, 0.15) is 18.3 Å². The van der Waals surface area contributed by atoms with Gasteiger partial charge in [-0.15, -0.1) is 0 Å². The maximum absolute atomic E-state index is 10.7. The minimum absolute atomic E-state index is 0.0585. The van der Waals surface area contributed by atoms with Gasteiger partial charge in [0.05, 0.1) is 6.61 Å². The Morgan fingerprint density at radius 2 is 2.15 bits per heavy atom. The van der Waals surface area contributed by atoms with Crippen LogP contribution in [0, 0.1) is 0 Å². The maximum atomic E-state index is 10.7. The molecule has 0 spiro atoms. The van der Waals surface area contributed by atoms with Crippen LogP contribution >= 0.6 is 0 Å². The van der Waals surface area contributed by atoms with Gasteiger partial charge in [-0.1, -0.05) is 0 Å². The minimum Gasteiger partial charge on any atom is -0.457 e. The smallest absolute Gasteiger partial charge is 0.335 e. The molecule has 1 saturated heterocycles. The molecule has 1 aliphatic rings. The molecule has 4 N–H and O–H groups in total. The highest BCUT2D eigenvalue weighted by molar-refractivity contribution is 5.76. The number of ether oxygens (including phenoxy) is 1. The second-order valence-electron chi connectivity index (χ2n) is 2.97. The van der Waals surface area contributed by atoms with Crippen molar-refractivity contribution >= 4 is 5.97 Å². The number of carbonyl (C=O) groups is 1. The molecule has 76 valence electrons.